The zero-order valence-electron chi connectivity index (χ0n) is 16.1. The molecule has 0 fully saturated rings. The highest BCUT2D eigenvalue weighted by Crippen LogP contribution is 2.21. The lowest BCUT2D eigenvalue weighted by Gasteiger charge is -2.31. The van der Waals surface area contributed by atoms with Crippen molar-refractivity contribution in [2.75, 3.05) is 6.54 Å². The Morgan fingerprint density at radius 2 is 1.28 bits per heavy atom. The minimum absolute atomic E-state index is 0.250. The average Bonchev–Trinajstić information content (AvgIpc) is 2.64. The topological polar surface area (TPSA) is 37.4 Å². The predicted molar refractivity (Wildman–Crippen MR) is 103 cm³/mol. The van der Waals surface area contributed by atoms with Gasteiger partial charge in [0.05, 0.1) is 0 Å². The molecule has 2 aromatic rings. The molecule has 1 unspecified atom stereocenters. The highest BCUT2D eigenvalue weighted by atomic mass is 16.2. The van der Waals surface area contributed by atoms with E-state index in [9.17, 15) is 0 Å². The Morgan fingerprint density at radius 3 is 1.60 bits per heavy atom. The number of hydrogen-bond acceptors (Lipinski definition) is 3. The molecule has 0 aliphatic carbocycles. The van der Waals surface area contributed by atoms with Gasteiger partial charge in [-0.3, -0.25) is 4.90 Å². The van der Waals surface area contributed by atoms with Crippen LogP contribution in [0.2, 0.25) is 0 Å². The molecule has 2 rings (SSSR count). The van der Waals surface area contributed by atoms with Gasteiger partial charge in [0.2, 0.25) is 0 Å². The Balaban J connectivity index is 0.000000440. The Bertz CT molecular complexity index is 575. The summed E-state index contributed by atoms with van der Waals surface area (Å²) in [5.41, 5.74) is 2.82. The van der Waals surface area contributed by atoms with Crippen LogP contribution in [0.15, 0.2) is 60.7 Å². The highest BCUT2D eigenvalue weighted by Gasteiger charge is 2.15. The van der Waals surface area contributed by atoms with E-state index in [2.05, 4.69) is 94.1 Å². The summed E-state index contributed by atoms with van der Waals surface area (Å²) in [5, 5.41) is 0. The summed E-state index contributed by atoms with van der Waals surface area (Å²) in [4.78, 5) is 18.7. The number of rotatable bonds is 5. The van der Waals surface area contributed by atoms with Gasteiger partial charge in [0.1, 0.15) is 0 Å². The van der Waals surface area contributed by atoms with Gasteiger partial charge in [-0.1, -0.05) is 74.5 Å². The molecule has 0 N–H and O–H groups in total. The summed E-state index contributed by atoms with van der Waals surface area (Å²) in [6.45, 7) is 12.3. The standard InChI is InChI=1S/C13H21N.C8H10.CO2/c1-5-14(11(2)3)12(4)13-9-7-6-8-10-13;1-2-8-6-4-3-5-7-8;2-1-3/h6-12H,5H2,1-4H3;3-7H,2H2,1H3;. The van der Waals surface area contributed by atoms with Gasteiger partial charge in [-0.25, -0.2) is 0 Å². The zero-order chi connectivity index (χ0) is 19.1. The number of aryl methyl sites for hydroxylation is 1. The van der Waals surface area contributed by atoms with Crippen LogP contribution in [0.4, 0.5) is 0 Å². The zero-order valence-corrected chi connectivity index (χ0v) is 16.1. The van der Waals surface area contributed by atoms with Crippen molar-refractivity contribution in [1.82, 2.24) is 4.90 Å². The Kier molecular flexibility index (Phi) is 12.9. The largest absolute Gasteiger partial charge is 0.373 e. The first-order valence-corrected chi connectivity index (χ1v) is 8.85. The first-order chi connectivity index (χ1) is 12.0. The summed E-state index contributed by atoms with van der Waals surface area (Å²) in [7, 11) is 0. The third kappa shape index (κ3) is 9.61. The van der Waals surface area contributed by atoms with E-state index in [-0.39, 0.29) is 6.15 Å². The van der Waals surface area contributed by atoms with Crippen LogP contribution in [0.1, 0.15) is 51.8 Å². The van der Waals surface area contributed by atoms with Gasteiger partial charge in [0, 0.05) is 12.1 Å². The minimum Gasteiger partial charge on any atom is -0.294 e. The first kappa shape index (κ1) is 22.8. The Labute approximate surface area is 152 Å². The molecule has 0 bridgehead atoms. The number of hydrogen-bond donors (Lipinski definition) is 0. The van der Waals surface area contributed by atoms with E-state index in [0.29, 0.717) is 12.1 Å². The van der Waals surface area contributed by atoms with E-state index >= 15 is 0 Å². The van der Waals surface area contributed by atoms with Crippen molar-refractivity contribution in [3.63, 3.8) is 0 Å². The van der Waals surface area contributed by atoms with Crippen LogP contribution in [0.5, 0.6) is 0 Å². The lowest BCUT2D eigenvalue weighted by molar-refractivity contribution is -0.191. The highest BCUT2D eigenvalue weighted by molar-refractivity contribution is 5.20. The summed E-state index contributed by atoms with van der Waals surface area (Å²) in [5.74, 6) is 0. The maximum absolute atomic E-state index is 8.12. The van der Waals surface area contributed by atoms with E-state index < -0.39 is 0 Å². The predicted octanol–water partition coefficient (Wildman–Crippen LogP) is 5.14. The van der Waals surface area contributed by atoms with Crippen LogP contribution >= 0.6 is 0 Å². The molecule has 0 heterocycles. The van der Waals surface area contributed by atoms with Gasteiger partial charge in [-0.2, -0.15) is 9.59 Å². The van der Waals surface area contributed by atoms with Gasteiger partial charge < -0.3 is 0 Å². The fourth-order valence-electron chi connectivity index (χ4n) is 2.72. The van der Waals surface area contributed by atoms with Crippen molar-refractivity contribution < 1.29 is 9.59 Å². The average molecular weight is 341 g/mol. The molecule has 0 amide bonds. The van der Waals surface area contributed by atoms with Crippen molar-refractivity contribution in [1.29, 1.82) is 0 Å². The van der Waals surface area contributed by atoms with Gasteiger partial charge in [-0.15, -0.1) is 0 Å². The molecular formula is C22H31NO2. The molecule has 0 saturated carbocycles. The monoisotopic (exact) mass is 341 g/mol. The van der Waals surface area contributed by atoms with Gasteiger partial charge in [0.15, 0.2) is 0 Å². The van der Waals surface area contributed by atoms with Crippen molar-refractivity contribution in [3.8, 4) is 0 Å². The van der Waals surface area contributed by atoms with E-state index in [4.69, 9.17) is 9.59 Å². The number of carbonyl (C=O) groups excluding carboxylic acids is 2. The molecule has 0 saturated heterocycles. The summed E-state index contributed by atoms with van der Waals surface area (Å²) in [6.07, 6.45) is 1.39. The molecule has 1 atom stereocenters. The third-order valence-electron chi connectivity index (χ3n) is 4.06. The molecular weight excluding hydrogens is 310 g/mol. The van der Waals surface area contributed by atoms with Crippen LogP contribution in [-0.2, 0) is 16.0 Å². The number of benzene rings is 2. The fourth-order valence-corrected chi connectivity index (χ4v) is 2.72. The molecule has 0 aliphatic heterocycles. The van der Waals surface area contributed by atoms with E-state index in [1.54, 1.807) is 0 Å². The summed E-state index contributed by atoms with van der Waals surface area (Å²) >= 11 is 0. The van der Waals surface area contributed by atoms with Gasteiger partial charge >= 0.3 is 6.15 Å². The summed E-state index contributed by atoms with van der Waals surface area (Å²) < 4.78 is 0. The summed E-state index contributed by atoms with van der Waals surface area (Å²) in [6, 6.07) is 22.3. The number of nitrogens with zero attached hydrogens (tertiary/aromatic N) is 1. The van der Waals surface area contributed by atoms with Crippen LogP contribution in [0, 0.1) is 0 Å². The fraction of sp³-hybridized carbons (Fsp3) is 0.409. The Hall–Kier alpha value is -2.22. The van der Waals surface area contributed by atoms with Gasteiger partial charge in [0.25, 0.3) is 0 Å². The maximum atomic E-state index is 8.12. The third-order valence-corrected chi connectivity index (χ3v) is 4.06. The van der Waals surface area contributed by atoms with Crippen molar-refractivity contribution in [3.05, 3.63) is 71.8 Å². The molecule has 0 aliphatic rings. The van der Waals surface area contributed by atoms with Crippen molar-refractivity contribution >= 4 is 6.15 Å². The van der Waals surface area contributed by atoms with Crippen LogP contribution < -0.4 is 0 Å². The van der Waals surface area contributed by atoms with Crippen LogP contribution in [0.3, 0.4) is 0 Å². The SMILES string of the molecule is CCN(C(C)C)C(C)c1ccccc1.CCc1ccccc1.O=C=O. The minimum atomic E-state index is 0.250. The second-order valence-electron chi connectivity index (χ2n) is 5.93. The lowest BCUT2D eigenvalue weighted by Crippen LogP contribution is -2.33. The molecule has 2 aromatic carbocycles. The Morgan fingerprint density at radius 1 is 0.840 bits per heavy atom. The molecule has 0 spiro atoms. The smallest absolute Gasteiger partial charge is 0.294 e. The van der Waals surface area contributed by atoms with E-state index in [1.165, 1.54) is 11.1 Å². The van der Waals surface area contributed by atoms with Crippen molar-refractivity contribution in [2.24, 2.45) is 0 Å². The molecule has 136 valence electrons. The molecule has 0 aromatic heterocycles. The van der Waals surface area contributed by atoms with E-state index in [1.807, 2.05) is 6.07 Å². The quantitative estimate of drug-likeness (QED) is 0.755. The van der Waals surface area contributed by atoms with Gasteiger partial charge in [-0.05, 0) is 44.9 Å². The molecule has 3 heteroatoms. The molecule has 0 radical (unpaired) electrons. The van der Waals surface area contributed by atoms with Crippen LogP contribution in [-0.4, -0.2) is 23.6 Å². The second kappa shape index (κ2) is 14.2. The van der Waals surface area contributed by atoms with E-state index in [0.717, 1.165) is 13.0 Å². The second-order valence-corrected chi connectivity index (χ2v) is 5.93. The first-order valence-electron chi connectivity index (χ1n) is 8.85. The normalized spacial score (nSPS) is 10.8. The molecule has 25 heavy (non-hydrogen) atoms. The lowest BCUT2D eigenvalue weighted by atomic mass is 10.1. The maximum Gasteiger partial charge on any atom is 0.373 e. The van der Waals surface area contributed by atoms with Crippen molar-refractivity contribution in [2.45, 2.75) is 53.1 Å². The molecule has 3 nitrogen and oxygen atoms in total. The van der Waals surface area contributed by atoms with Crippen LogP contribution in [0.25, 0.3) is 0 Å².